The summed E-state index contributed by atoms with van der Waals surface area (Å²) in [7, 11) is 0. The molecule has 0 saturated heterocycles. The van der Waals surface area contributed by atoms with Gasteiger partial charge in [0.15, 0.2) is 0 Å². The number of nitrogens with zero attached hydrogens (tertiary/aromatic N) is 1. The van der Waals surface area contributed by atoms with Crippen molar-refractivity contribution in [1.29, 1.82) is 0 Å². The highest BCUT2D eigenvalue weighted by Gasteiger charge is 2.62. The second-order valence-electron chi connectivity index (χ2n) is 5.62. The lowest BCUT2D eigenvalue weighted by atomic mass is 9.85. The van der Waals surface area contributed by atoms with Crippen LogP contribution in [0.3, 0.4) is 0 Å². The molecule has 1 heterocycles. The van der Waals surface area contributed by atoms with Crippen LogP contribution in [0.2, 0.25) is 10.0 Å². The van der Waals surface area contributed by atoms with Crippen LogP contribution in [0, 0.1) is 6.07 Å². The Balaban J connectivity index is 2.09. The third-order valence-electron chi connectivity index (χ3n) is 3.96. The van der Waals surface area contributed by atoms with Gasteiger partial charge in [-0.1, -0.05) is 40.5 Å². The minimum atomic E-state index is -4.82. The molecule has 0 bridgehead atoms. The largest absolute Gasteiger partial charge is 0.435 e. The molecule has 1 aliphatic rings. The van der Waals surface area contributed by atoms with Gasteiger partial charge in [0.2, 0.25) is 5.91 Å². The molecule has 9 heteroatoms. The van der Waals surface area contributed by atoms with Crippen LogP contribution >= 0.6 is 23.2 Å². The highest BCUT2D eigenvalue weighted by atomic mass is 35.5. The van der Waals surface area contributed by atoms with E-state index < -0.39 is 24.1 Å². The maximum absolute atomic E-state index is 13.9. The number of amides is 1. The van der Waals surface area contributed by atoms with Gasteiger partial charge >= 0.3 is 6.18 Å². The number of carbonyl (C=O) groups excluding carboxylic acids is 1. The highest BCUT2D eigenvalue weighted by Crippen LogP contribution is 2.49. The average Bonchev–Trinajstić information content (AvgIpc) is 3.00. The summed E-state index contributed by atoms with van der Waals surface area (Å²) in [5, 5.41) is 3.65. The molecule has 2 N–H and O–H groups in total. The quantitative estimate of drug-likeness (QED) is 0.823. The lowest BCUT2D eigenvalue weighted by Crippen LogP contribution is -2.42. The Labute approximate surface area is 156 Å². The van der Waals surface area contributed by atoms with Gasteiger partial charge in [0, 0.05) is 33.2 Å². The van der Waals surface area contributed by atoms with E-state index in [2.05, 4.69) is 11.2 Å². The molecule has 2 aromatic carbocycles. The number of primary amides is 1. The smallest absolute Gasteiger partial charge is 0.374 e. The van der Waals surface area contributed by atoms with E-state index in [1.165, 1.54) is 24.3 Å². The van der Waals surface area contributed by atoms with Crippen molar-refractivity contribution < 1.29 is 22.8 Å². The summed E-state index contributed by atoms with van der Waals surface area (Å²) in [5.41, 5.74) is 2.29. The number of alkyl halides is 3. The van der Waals surface area contributed by atoms with Gasteiger partial charge < -0.3 is 10.6 Å². The predicted molar refractivity (Wildman–Crippen MR) is 90.2 cm³/mol. The lowest BCUT2D eigenvalue weighted by Gasteiger charge is -2.29. The number of hydrogen-bond acceptors (Lipinski definition) is 3. The van der Waals surface area contributed by atoms with Crippen LogP contribution in [0.5, 0.6) is 0 Å². The maximum Gasteiger partial charge on any atom is 0.435 e. The Morgan fingerprint density at radius 2 is 1.92 bits per heavy atom. The van der Waals surface area contributed by atoms with Crippen LogP contribution in [0.1, 0.15) is 27.9 Å². The van der Waals surface area contributed by atoms with Gasteiger partial charge in [-0.25, -0.2) is 0 Å². The van der Waals surface area contributed by atoms with Crippen LogP contribution < -0.4 is 5.73 Å². The molecule has 0 aliphatic carbocycles. The highest BCUT2D eigenvalue weighted by molar-refractivity contribution is 6.34. The standard InChI is InChI=1S/C17H10Cl2F3N2O2/c18-10-5-9(6-11(19)7-10)16(17(20,21)22)8-14(24-26-16)12-3-1-2-4-13(12)15(23)25/h1,3-7H,8H2,(H2,23,25). The summed E-state index contributed by atoms with van der Waals surface area (Å²) in [6, 6.07) is 10.3. The van der Waals surface area contributed by atoms with Crippen molar-refractivity contribution in [1.82, 2.24) is 0 Å². The molecule has 1 radical (unpaired) electrons. The first-order valence-electron chi connectivity index (χ1n) is 7.23. The molecule has 1 unspecified atom stereocenters. The number of halogens is 5. The third-order valence-corrected chi connectivity index (χ3v) is 4.39. The normalized spacial score (nSPS) is 19.8. The molecule has 135 valence electrons. The van der Waals surface area contributed by atoms with Crippen LogP contribution in [0.4, 0.5) is 13.2 Å². The monoisotopic (exact) mass is 401 g/mol. The fourth-order valence-corrected chi connectivity index (χ4v) is 3.25. The number of nitrogens with two attached hydrogens (primary N) is 1. The zero-order valence-electron chi connectivity index (χ0n) is 12.9. The number of carbonyl (C=O) groups is 1. The van der Waals surface area contributed by atoms with Gasteiger partial charge in [0.1, 0.15) is 0 Å². The first-order chi connectivity index (χ1) is 12.1. The van der Waals surface area contributed by atoms with Crippen LogP contribution in [-0.2, 0) is 10.4 Å². The van der Waals surface area contributed by atoms with Gasteiger partial charge in [-0.05, 0) is 30.3 Å². The van der Waals surface area contributed by atoms with Crippen LogP contribution in [0.25, 0.3) is 0 Å². The SMILES string of the molecule is NC(=O)c1c[c]ccc1C1=NOC(c2cc(Cl)cc(Cl)c2)(C(F)(F)F)C1. The minimum Gasteiger partial charge on any atom is -0.374 e. The van der Waals surface area contributed by atoms with E-state index in [9.17, 15) is 18.0 Å². The Hall–Kier alpha value is -2.25. The molecule has 3 rings (SSSR count). The molecule has 2 aromatic rings. The van der Waals surface area contributed by atoms with E-state index in [4.69, 9.17) is 33.8 Å². The molecular weight excluding hydrogens is 392 g/mol. The predicted octanol–water partition coefficient (Wildman–Crippen LogP) is 4.47. The first kappa shape index (κ1) is 18.5. The lowest BCUT2D eigenvalue weighted by molar-refractivity contribution is -0.275. The van der Waals surface area contributed by atoms with Crippen molar-refractivity contribution in [2.24, 2.45) is 10.9 Å². The summed E-state index contributed by atoms with van der Waals surface area (Å²) in [5.74, 6) is -0.810. The van der Waals surface area contributed by atoms with Crippen molar-refractivity contribution in [3.05, 3.63) is 69.2 Å². The van der Waals surface area contributed by atoms with Crippen molar-refractivity contribution in [3.63, 3.8) is 0 Å². The number of rotatable bonds is 3. The summed E-state index contributed by atoms with van der Waals surface area (Å²) in [6.07, 6.45) is -5.49. The molecule has 26 heavy (non-hydrogen) atoms. The molecule has 0 spiro atoms. The van der Waals surface area contributed by atoms with Crippen molar-refractivity contribution in [3.8, 4) is 0 Å². The molecule has 0 fully saturated rings. The fourth-order valence-electron chi connectivity index (χ4n) is 2.72. The van der Waals surface area contributed by atoms with E-state index in [-0.39, 0.29) is 32.4 Å². The van der Waals surface area contributed by atoms with Gasteiger partial charge in [-0.3, -0.25) is 4.79 Å². The van der Waals surface area contributed by atoms with Gasteiger partial charge in [0.05, 0.1) is 5.71 Å². The Morgan fingerprint density at radius 3 is 2.50 bits per heavy atom. The van der Waals surface area contributed by atoms with Gasteiger partial charge in [-0.15, -0.1) is 0 Å². The molecule has 1 aliphatic heterocycles. The fraction of sp³-hybridized carbons (Fsp3) is 0.176. The molecule has 4 nitrogen and oxygen atoms in total. The van der Waals surface area contributed by atoms with E-state index in [0.717, 1.165) is 12.1 Å². The Kier molecular flexibility index (Phi) is 4.62. The van der Waals surface area contributed by atoms with Crippen molar-refractivity contribution >= 4 is 34.8 Å². The zero-order chi connectivity index (χ0) is 19.1. The first-order valence-corrected chi connectivity index (χ1v) is 7.98. The maximum atomic E-state index is 13.9. The average molecular weight is 402 g/mol. The van der Waals surface area contributed by atoms with E-state index >= 15 is 0 Å². The van der Waals surface area contributed by atoms with E-state index in [0.29, 0.717) is 0 Å². The van der Waals surface area contributed by atoms with Gasteiger partial charge in [-0.2, -0.15) is 13.2 Å². The summed E-state index contributed by atoms with van der Waals surface area (Å²) in [4.78, 5) is 16.4. The van der Waals surface area contributed by atoms with E-state index in [1.807, 2.05) is 0 Å². The van der Waals surface area contributed by atoms with E-state index in [1.54, 1.807) is 0 Å². The van der Waals surface area contributed by atoms with Gasteiger partial charge in [0.25, 0.3) is 5.60 Å². The number of benzene rings is 2. The minimum absolute atomic E-state index is 0.00282. The number of hydrogen-bond donors (Lipinski definition) is 1. The zero-order valence-corrected chi connectivity index (χ0v) is 14.4. The number of oxime groups is 1. The third kappa shape index (κ3) is 3.12. The van der Waals surface area contributed by atoms with Crippen molar-refractivity contribution in [2.45, 2.75) is 18.2 Å². The second kappa shape index (κ2) is 6.48. The van der Waals surface area contributed by atoms with Crippen LogP contribution in [-0.4, -0.2) is 17.8 Å². The topological polar surface area (TPSA) is 64.7 Å². The molecule has 0 saturated carbocycles. The summed E-state index contributed by atoms with van der Waals surface area (Å²) < 4.78 is 41.8. The van der Waals surface area contributed by atoms with Crippen molar-refractivity contribution in [2.75, 3.05) is 0 Å². The summed E-state index contributed by atoms with van der Waals surface area (Å²) >= 11 is 11.7. The Bertz CT molecular complexity index is 895. The molecular formula is C17H10Cl2F3N2O2. The molecule has 0 aromatic heterocycles. The molecule has 1 atom stereocenters. The second-order valence-corrected chi connectivity index (χ2v) is 6.50. The summed E-state index contributed by atoms with van der Waals surface area (Å²) in [6.45, 7) is 0. The van der Waals surface area contributed by atoms with Crippen LogP contribution in [0.15, 0.2) is 41.6 Å². The molecule has 1 amide bonds. The Morgan fingerprint density at radius 1 is 1.27 bits per heavy atom.